The molecule has 0 aliphatic rings. The Kier molecular flexibility index (Phi) is 17.3. The Hall–Kier alpha value is -4.32. The largest absolute Gasteiger partial charge is 0.508 e. The lowest BCUT2D eigenvalue weighted by atomic mass is 10.0. The number of amides is 5. The molecule has 0 radical (unpaired) electrons. The second kappa shape index (κ2) is 20.0. The first-order valence-corrected chi connectivity index (χ1v) is 15.3. The molecule has 0 aliphatic carbocycles. The number of unbranched alkanes of at least 4 members (excludes halogenated alkanes) is 1. The molecule has 1 aromatic rings. The Morgan fingerprint density at radius 3 is 1.81 bits per heavy atom. The van der Waals surface area contributed by atoms with Gasteiger partial charge in [0.15, 0.2) is 6.04 Å². The third kappa shape index (κ3) is 13.9. The van der Waals surface area contributed by atoms with Crippen LogP contribution in [0, 0.1) is 5.92 Å². The number of aliphatic carboxylic acids is 1. The fraction of sp³-hybridized carbons (Fsp3) is 0.600. The zero-order valence-corrected chi connectivity index (χ0v) is 27.1. The van der Waals surface area contributed by atoms with Gasteiger partial charge in [0.1, 0.15) is 36.0 Å². The van der Waals surface area contributed by atoms with Gasteiger partial charge >= 0.3 is 5.97 Å². The van der Waals surface area contributed by atoms with Gasteiger partial charge in [0.2, 0.25) is 29.5 Å². The molecule has 0 saturated heterocycles. The van der Waals surface area contributed by atoms with E-state index in [1.165, 1.54) is 38.1 Å². The minimum atomic E-state index is -1.62. The maximum absolute atomic E-state index is 13.5. The van der Waals surface area contributed by atoms with Crippen molar-refractivity contribution >= 4 is 35.5 Å². The van der Waals surface area contributed by atoms with Gasteiger partial charge in [-0.05, 0) is 63.3 Å². The van der Waals surface area contributed by atoms with Crippen LogP contribution in [0.15, 0.2) is 24.3 Å². The number of hydrogen-bond acceptors (Lipinski definition) is 11. The SMILES string of the molecule is CC(C)[C@H](NC(=O)[C@H](C)NC(=O)[C@H](Cc1ccc(O)cc1)NC(=O)[C@H](CCCCN)NC(=O)[C@@H](N)CO)C(=O)N[C@H](C(=O)O)[C@@H](C)O. The predicted molar refractivity (Wildman–Crippen MR) is 169 cm³/mol. The van der Waals surface area contributed by atoms with Crippen LogP contribution in [0.4, 0.5) is 0 Å². The third-order valence-electron chi connectivity index (χ3n) is 7.17. The molecular weight excluding hydrogens is 618 g/mol. The first kappa shape index (κ1) is 40.7. The molecule has 1 rings (SSSR count). The van der Waals surface area contributed by atoms with Crippen molar-refractivity contribution in [3.05, 3.63) is 29.8 Å². The van der Waals surface area contributed by atoms with Crippen molar-refractivity contribution in [3.63, 3.8) is 0 Å². The van der Waals surface area contributed by atoms with Gasteiger partial charge in [-0.3, -0.25) is 24.0 Å². The Morgan fingerprint density at radius 1 is 0.745 bits per heavy atom. The van der Waals surface area contributed by atoms with Crippen LogP contribution in [-0.4, -0.2) is 111 Å². The van der Waals surface area contributed by atoms with Crippen LogP contribution in [0.25, 0.3) is 0 Å². The van der Waals surface area contributed by atoms with Gasteiger partial charge in [0.25, 0.3) is 0 Å². The lowest BCUT2D eigenvalue weighted by Crippen LogP contribution is -2.60. The summed E-state index contributed by atoms with van der Waals surface area (Å²) in [6.07, 6.45) is -0.362. The van der Waals surface area contributed by atoms with Crippen LogP contribution in [0.5, 0.6) is 5.75 Å². The zero-order chi connectivity index (χ0) is 35.8. The molecule has 0 aliphatic heterocycles. The number of aliphatic hydroxyl groups is 2. The van der Waals surface area contributed by atoms with Gasteiger partial charge < -0.3 is 58.5 Å². The molecule has 17 heteroatoms. The smallest absolute Gasteiger partial charge is 0.328 e. The number of phenolic OH excluding ortho intramolecular Hbond substituents is 1. The molecule has 0 heterocycles. The highest BCUT2D eigenvalue weighted by molar-refractivity contribution is 5.96. The van der Waals surface area contributed by atoms with Crippen molar-refractivity contribution in [3.8, 4) is 5.75 Å². The number of aliphatic hydroxyl groups excluding tert-OH is 2. The number of benzene rings is 1. The lowest BCUT2D eigenvalue weighted by Gasteiger charge is -2.27. The molecular formula is C30H49N7O10. The lowest BCUT2D eigenvalue weighted by molar-refractivity contribution is -0.145. The zero-order valence-electron chi connectivity index (χ0n) is 27.1. The van der Waals surface area contributed by atoms with Crippen molar-refractivity contribution < 1.29 is 49.2 Å². The summed E-state index contributed by atoms with van der Waals surface area (Å²) in [7, 11) is 0. The highest BCUT2D eigenvalue weighted by Crippen LogP contribution is 2.13. The molecule has 47 heavy (non-hydrogen) atoms. The number of nitrogens with one attached hydrogen (secondary N) is 5. The molecule has 13 N–H and O–H groups in total. The van der Waals surface area contributed by atoms with E-state index in [-0.39, 0.29) is 18.6 Å². The van der Waals surface area contributed by atoms with Crippen molar-refractivity contribution in [2.24, 2.45) is 17.4 Å². The summed E-state index contributed by atoms with van der Waals surface area (Å²) in [5, 5.41) is 50.1. The first-order valence-electron chi connectivity index (χ1n) is 15.3. The van der Waals surface area contributed by atoms with Gasteiger partial charge in [-0.15, -0.1) is 0 Å². The van der Waals surface area contributed by atoms with E-state index in [1.54, 1.807) is 13.8 Å². The fourth-order valence-electron chi connectivity index (χ4n) is 4.30. The predicted octanol–water partition coefficient (Wildman–Crippen LogP) is -3.05. The van der Waals surface area contributed by atoms with Crippen LogP contribution in [0.1, 0.15) is 52.5 Å². The van der Waals surface area contributed by atoms with Crippen LogP contribution in [-0.2, 0) is 35.2 Å². The van der Waals surface area contributed by atoms with E-state index in [1.807, 2.05) is 0 Å². The Balaban J connectivity index is 3.18. The quantitative estimate of drug-likeness (QED) is 0.0618. The second-order valence-corrected chi connectivity index (χ2v) is 11.6. The summed E-state index contributed by atoms with van der Waals surface area (Å²) in [5.74, 6) is -5.98. The summed E-state index contributed by atoms with van der Waals surface area (Å²) in [5.41, 5.74) is 11.7. The fourth-order valence-corrected chi connectivity index (χ4v) is 4.30. The number of carboxylic acid groups (broad SMARTS) is 1. The van der Waals surface area contributed by atoms with Crippen molar-refractivity contribution in [1.29, 1.82) is 0 Å². The van der Waals surface area contributed by atoms with Crippen molar-refractivity contribution in [2.45, 2.75) is 95.7 Å². The normalized spacial score (nSPS) is 15.6. The molecule has 264 valence electrons. The molecule has 17 nitrogen and oxygen atoms in total. The van der Waals surface area contributed by atoms with Gasteiger partial charge in [0.05, 0.1) is 12.7 Å². The average molecular weight is 668 g/mol. The van der Waals surface area contributed by atoms with Crippen molar-refractivity contribution in [2.75, 3.05) is 13.2 Å². The minimum absolute atomic E-state index is 0.0288. The number of carbonyl (C=O) groups is 6. The van der Waals surface area contributed by atoms with Crippen molar-refractivity contribution in [1.82, 2.24) is 26.6 Å². The second-order valence-electron chi connectivity index (χ2n) is 11.6. The number of phenols is 1. The van der Waals surface area contributed by atoms with E-state index in [4.69, 9.17) is 11.5 Å². The van der Waals surface area contributed by atoms with Crippen LogP contribution in [0.2, 0.25) is 0 Å². The van der Waals surface area contributed by atoms with Gasteiger partial charge in [-0.25, -0.2) is 4.79 Å². The van der Waals surface area contributed by atoms with E-state index in [0.717, 1.165) is 0 Å². The van der Waals surface area contributed by atoms with E-state index >= 15 is 0 Å². The maximum atomic E-state index is 13.5. The summed E-state index contributed by atoms with van der Waals surface area (Å²) < 4.78 is 0. The van der Waals surface area contributed by atoms with Gasteiger partial charge in [0, 0.05) is 6.42 Å². The number of nitrogens with two attached hydrogens (primary N) is 2. The van der Waals surface area contributed by atoms with Gasteiger partial charge in [-0.2, -0.15) is 0 Å². The molecule has 7 atom stereocenters. The number of rotatable bonds is 20. The molecule has 0 saturated carbocycles. The monoisotopic (exact) mass is 667 g/mol. The summed E-state index contributed by atoms with van der Waals surface area (Å²) in [6, 6.07) is -1.96. The summed E-state index contributed by atoms with van der Waals surface area (Å²) >= 11 is 0. The standard InChI is InChI=1S/C30H49N7O10/c1-15(2)23(29(45)37-24(17(4)39)30(46)47)36-25(41)16(3)33-28(44)22(13-18-8-10-19(40)11-9-18)35-27(43)21(7-5-6-12-31)34-26(42)20(32)14-38/h8-11,15-17,20-24,38-40H,5-7,12-14,31-32H2,1-4H3,(H,33,44)(H,34,42)(H,35,43)(H,36,41)(H,37,45)(H,46,47)/t16-,17+,20-,21-,22-,23-,24-/m0/s1. The third-order valence-corrected chi connectivity index (χ3v) is 7.17. The van der Waals surface area contributed by atoms with E-state index < -0.39 is 90.4 Å². The van der Waals surface area contributed by atoms with Crippen LogP contribution < -0.4 is 38.1 Å². The topological polar surface area (TPSA) is 296 Å². The molecule has 0 aromatic heterocycles. The Labute approximate surface area is 273 Å². The highest BCUT2D eigenvalue weighted by atomic mass is 16.4. The molecule has 0 fully saturated rings. The number of aromatic hydroxyl groups is 1. The van der Waals surface area contributed by atoms with Crippen LogP contribution >= 0.6 is 0 Å². The Bertz CT molecular complexity index is 1210. The summed E-state index contributed by atoms with van der Waals surface area (Å²) in [6.45, 7) is 5.41. The molecule has 0 spiro atoms. The molecule has 0 unspecified atom stereocenters. The minimum Gasteiger partial charge on any atom is -0.508 e. The van der Waals surface area contributed by atoms with Crippen LogP contribution in [0.3, 0.4) is 0 Å². The highest BCUT2D eigenvalue weighted by Gasteiger charge is 2.33. The number of carboxylic acids is 1. The number of hydrogen-bond donors (Lipinski definition) is 11. The van der Waals surface area contributed by atoms with Gasteiger partial charge in [-0.1, -0.05) is 26.0 Å². The number of carbonyl (C=O) groups excluding carboxylic acids is 5. The molecule has 5 amide bonds. The first-order chi connectivity index (χ1) is 22.0. The Morgan fingerprint density at radius 2 is 1.30 bits per heavy atom. The molecule has 1 aromatic carbocycles. The molecule has 0 bridgehead atoms. The maximum Gasteiger partial charge on any atom is 0.328 e. The van der Waals surface area contributed by atoms with E-state index in [2.05, 4.69) is 26.6 Å². The van der Waals surface area contributed by atoms with E-state index in [9.17, 15) is 49.2 Å². The summed E-state index contributed by atoms with van der Waals surface area (Å²) in [4.78, 5) is 76.6. The average Bonchev–Trinajstić information content (AvgIpc) is 3.01. The van der Waals surface area contributed by atoms with E-state index in [0.29, 0.717) is 24.9 Å².